The molecule has 4 nitrogen and oxygen atoms in total. The monoisotopic (exact) mass is 240 g/mol. The van der Waals surface area contributed by atoms with Crippen LogP contribution >= 0.6 is 0 Å². The van der Waals surface area contributed by atoms with Crippen LogP contribution in [0.25, 0.3) is 0 Å². The van der Waals surface area contributed by atoms with E-state index in [4.69, 9.17) is 0 Å². The van der Waals surface area contributed by atoms with Crippen LogP contribution < -0.4 is 5.32 Å². The highest BCUT2D eigenvalue weighted by molar-refractivity contribution is 6.05. The van der Waals surface area contributed by atoms with E-state index in [2.05, 4.69) is 19.2 Å². The van der Waals surface area contributed by atoms with Gasteiger partial charge in [0.2, 0.25) is 11.8 Å². The first kappa shape index (κ1) is 14.2. The number of hydrogen-bond acceptors (Lipinski definition) is 3. The molecule has 1 aliphatic heterocycles. The highest BCUT2D eigenvalue weighted by Gasteiger charge is 2.36. The van der Waals surface area contributed by atoms with Gasteiger partial charge in [0.15, 0.2) is 0 Å². The Hall–Kier alpha value is -0.900. The van der Waals surface area contributed by atoms with E-state index >= 15 is 0 Å². The summed E-state index contributed by atoms with van der Waals surface area (Å²) in [6.45, 7) is 4.28. The molecule has 0 spiro atoms. The molecule has 0 radical (unpaired) electrons. The lowest BCUT2D eigenvalue weighted by molar-refractivity contribution is -0.137. The Bertz CT molecular complexity index is 279. The first-order chi connectivity index (χ1) is 8.06. The number of carbonyl (C=O) groups is 2. The van der Waals surface area contributed by atoms with Crippen LogP contribution in [0.2, 0.25) is 0 Å². The molecule has 1 rings (SSSR count). The first-order valence-electron chi connectivity index (χ1n) is 6.62. The van der Waals surface area contributed by atoms with Crippen molar-refractivity contribution in [2.45, 2.75) is 64.5 Å². The minimum Gasteiger partial charge on any atom is -0.303 e. The van der Waals surface area contributed by atoms with Crippen LogP contribution in [0, 0.1) is 0 Å². The summed E-state index contributed by atoms with van der Waals surface area (Å²) < 4.78 is 0. The maximum absolute atomic E-state index is 11.7. The van der Waals surface area contributed by atoms with Crippen LogP contribution in [-0.4, -0.2) is 35.8 Å². The third-order valence-electron chi connectivity index (χ3n) is 3.36. The lowest BCUT2D eigenvalue weighted by Gasteiger charge is -2.17. The molecule has 0 aromatic carbocycles. The molecule has 1 fully saturated rings. The van der Waals surface area contributed by atoms with Crippen molar-refractivity contribution in [2.24, 2.45) is 0 Å². The zero-order valence-electron chi connectivity index (χ0n) is 11.2. The van der Waals surface area contributed by atoms with Gasteiger partial charge in [-0.15, -0.1) is 0 Å². The fourth-order valence-electron chi connectivity index (χ4n) is 2.19. The molecule has 17 heavy (non-hydrogen) atoms. The summed E-state index contributed by atoms with van der Waals surface area (Å²) in [5.41, 5.74) is 0. The zero-order chi connectivity index (χ0) is 12.8. The van der Waals surface area contributed by atoms with Crippen molar-refractivity contribution in [3.63, 3.8) is 0 Å². The molecule has 2 unspecified atom stereocenters. The Morgan fingerprint density at radius 1 is 1.35 bits per heavy atom. The molecule has 1 aliphatic rings. The number of rotatable bonds is 7. The second-order valence-electron chi connectivity index (χ2n) is 4.96. The molecule has 1 heterocycles. The van der Waals surface area contributed by atoms with Gasteiger partial charge in [0.25, 0.3) is 0 Å². The van der Waals surface area contributed by atoms with Crippen LogP contribution in [0.15, 0.2) is 0 Å². The number of nitrogens with zero attached hydrogens (tertiary/aromatic N) is 1. The molecule has 1 N–H and O–H groups in total. The molecule has 2 atom stereocenters. The molecule has 0 saturated carbocycles. The average molecular weight is 240 g/mol. The third kappa shape index (κ3) is 4.11. The Kier molecular flexibility index (Phi) is 5.62. The van der Waals surface area contributed by atoms with E-state index in [0.717, 1.165) is 6.42 Å². The lowest BCUT2D eigenvalue weighted by Crippen LogP contribution is -2.41. The molecule has 0 aromatic rings. The highest BCUT2D eigenvalue weighted by atomic mass is 16.2. The van der Waals surface area contributed by atoms with Crippen molar-refractivity contribution in [3.8, 4) is 0 Å². The van der Waals surface area contributed by atoms with Gasteiger partial charge in [-0.2, -0.15) is 0 Å². The summed E-state index contributed by atoms with van der Waals surface area (Å²) in [7, 11) is 1.55. The van der Waals surface area contributed by atoms with Crippen molar-refractivity contribution in [3.05, 3.63) is 0 Å². The topological polar surface area (TPSA) is 49.4 Å². The van der Waals surface area contributed by atoms with Crippen molar-refractivity contribution in [1.82, 2.24) is 10.2 Å². The predicted molar refractivity (Wildman–Crippen MR) is 67.5 cm³/mol. The first-order valence-corrected chi connectivity index (χ1v) is 6.62. The second-order valence-corrected chi connectivity index (χ2v) is 4.96. The van der Waals surface area contributed by atoms with Crippen molar-refractivity contribution in [2.75, 3.05) is 7.05 Å². The maximum atomic E-state index is 11.7. The minimum absolute atomic E-state index is 0.0781. The molecule has 4 heteroatoms. The molecule has 0 bridgehead atoms. The number of amides is 2. The van der Waals surface area contributed by atoms with Crippen LogP contribution in [0.4, 0.5) is 0 Å². The quantitative estimate of drug-likeness (QED) is 0.544. The van der Waals surface area contributed by atoms with E-state index in [-0.39, 0.29) is 17.9 Å². The van der Waals surface area contributed by atoms with Crippen LogP contribution in [-0.2, 0) is 9.59 Å². The standard InChI is InChI=1S/C13H24N2O2/c1-4-5-6-7-8-10(2)14-11-9-12(16)15(3)13(11)17/h10-11,14H,4-9H2,1-3H3. The number of likely N-dealkylation sites (N-methyl/N-ethyl adjacent to an activating group) is 1. The smallest absolute Gasteiger partial charge is 0.246 e. The van der Waals surface area contributed by atoms with Crippen LogP contribution in [0.3, 0.4) is 0 Å². The molecule has 1 saturated heterocycles. The summed E-state index contributed by atoms with van der Waals surface area (Å²) in [5.74, 6) is -0.166. The van der Waals surface area contributed by atoms with Gasteiger partial charge in [0.05, 0.1) is 12.5 Å². The molecule has 98 valence electrons. The molecular weight excluding hydrogens is 216 g/mol. The van der Waals surface area contributed by atoms with Crippen LogP contribution in [0.1, 0.15) is 52.4 Å². The normalized spacial score (nSPS) is 22.3. The fourth-order valence-corrected chi connectivity index (χ4v) is 2.19. The van der Waals surface area contributed by atoms with Gasteiger partial charge < -0.3 is 5.32 Å². The summed E-state index contributed by atoms with van der Waals surface area (Å²) in [6.07, 6.45) is 6.33. The van der Waals surface area contributed by atoms with E-state index in [1.165, 1.54) is 30.6 Å². The van der Waals surface area contributed by atoms with Gasteiger partial charge in [-0.1, -0.05) is 32.6 Å². The third-order valence-corrected chi connectivity index (χ3v) is 3.36. The summed E-state index contributed by atoms with van der Waals surface area (Å²) in [6, 6.07) is 0.00813. The zero-order valence-corrected chi connectivity index (χ0v) is 11.2. The number of imide groups is 1. The Labute approximate surface area is 104 Å². The van der Waals surface area contributed by atoms with E-state index in [9.17, 15) is 9.59 Å². The number of likely N-dealkylation sites (tertiary alicyclic amines) is 1. The van der Waals surface area contributed by atoms with Gasteiger partial charge in [0, 0.05) is 13.1 Å². The van der Waals surface area contributed by atoms with E-state index in [1.807, 2.05) is 0 Å². The Balaban J connectivity index is 2.25. The van der Waals surface area contributed by atoms with E-state index < -0.39 is 0 Å². The van der Waals surface area contributed by atoms with E-state index in [1.54, 1.807) is 7.05 Å². The Morgan fingerprint density at radius 2 is 2.06 bits per heavy atom. The van der Waals surface area contributed by atoms with Crippen molar-refractivity contribution in [1.29, 1.82) is 0 Å². The van der Waals surface area contributed by atoms with Gasteiger partial charge in [-0.05, 0) is 13.3 Å². The van der Waals surface area contributed by atoms with E-state index in [0.29, 0.717) is 12.5 Å². The number of unbranched alkanes of at least 4 members (excludes halogenated alkanes) is 3. The SMILES string of the molecule is CCCCCCC(C)NC1CC(=O)N(C)C1=O. The summed E-state index contributed by atoms with van der Waals surface area (Å²) in [5, 5.41) is 3.25. The summed E-state index contributed by atoms with van der Waals surface area (Å²) in [4.78, 5) is 24.2. The van der Waals surface area contributed by atoms with Gasteiger partial charge in [-0.25, -0.2) is 0 Å². The maximum Gasteiger partial charge on any atom is 0.246 e. The highest BCUT2D eigenvalue weighted by Crippen LogP contribution is 2.13. The largest absolute Gasteiger partial charge is 0.303 e. The second kappa shape index (κ2) is 6.74. The fraction of sp³-hybridized carbons (Fsp3) is 0.846. The van der Waals surface area contributed by atoms with Crippen molar-refractivity contribution < 1.29 is 9.59 Å². The number of nitrogens with one attached hydrogen (secondary N) is 1. The van der Waals surface area contributed by atoms with Crippen LogP contribution in [0.5, 0.6) is 0 Å². The van der Waals surface area contributed by atoms with Gasteiger partial charge >= 0.3 is 0 Å². The molecule has 2 amide bonds. The molecule has 0 aliphatic carbocycles. The molecule has 0 aromatic heterocycles. The summed E-state index contributed by atoms with van der Waals surface area (Å²) >= 11 is 0. The predicted octanol–water partition coefficient (Wildman–Crippen LogP) is 1.69. The number of carbonyl (C=O) groups excluding carboxylic acids is 2. The molecular formula is C13H24N2O2. The van der Waals surface area contributed by atoms with Gasteiger partial charge in [0.1, 0.15) is 0 Å². The van der Waals surface area contributed by atoms with Gasteiger partial charge in [-0.3, -0.25) is 14.5 Å². The van der Waals surface area contributed by atoms with Crippen molar-refractivity contribution >= 4 is 11.8 Å². The number of hydrogen-bond donors (Lipinski definition) is 1. The Morgan fingerprint density at radius 3 is 2.59 bits per heavy atom. The lowest BCUT2D eigenvalue weighted by atomic mass is 10.1. The minimum atomic E-state index is -0.298. The average Bonchev–Trinajstić information content (AvgIpc) is 2.53.